The SMILES string of the molecule is O=C(O)[SiH2]Cl. The number of halogens is 1. The second-order valence-electron chi connectivity index (χ2n) is 0.527. The molecule has 0 aromatic heterocycles. The molecule has 0 atom stereocenters. The van der Waals surface area contributed by atoms with E-state index in [9.17, 15) is 4.79 Å². The fourth-order valence-corrected chi connectivity index (χ4v) is 0. The first-order chi connectivity index (χ1) is 2.27. The van der Waals surface area contributed by atoms with Crippen LogP contribution in [0, 0.1) is 0 Å². The van der Waals surface area contributed by atoms with Crippen molar-refractivity contribution in [2.24, 2.45) is 0 Å². The van der Waals surface area contributed by atoms with Crippen molar-refractivity contribution < 1.29 is 9.90 Å². The van der Waals surface area contributed by atoms with Gasteiger partial charge in [0.15, 0.2) is 0 Å². The fraction of sp³-hybridized carbons (Fsp3) is 0. The quantitative estimate of drug-likeness (QED) is 0.381. The lowest BCUT2D eigenvalue weighted by atomic mass is 11.6. The third kappa shape index (κ3) is 3.98. The van der Waals surface area contributed by atoms with Crippen LogP contribution in [0.25, 0.3) is 0 Å². The molecule has 0 saturated carbocycles. The van der Waals surface area contributed by atoms with Crippen LogP contribution in [0.3, 0.4) is 0 Å². The van der Waals surface area contributed by atoms with Crippen LogP contribution in [-0.2, 0) is 0 Å². The Labute approximate surface area is 36.3 Å². The standard InChI is InChI=1S/CH3ClO2Si/c2-5-1(3)4/h5H2,(H,3,4). The first-order valence-electron chi connectivity index (χ1n) is 1.05. The molecule has 0 aliphatic heterocycles. The van der Waals surface area contributed by atoms with Crippen LogP contribution in [0.2, 0.25) is 0 Å². The average Bonchev–Trinajstić information content (AvgIpc) is 1.38. The van der Waals surface area contributed by atoms with Gasteiger partial charge in [-0.05, 0) is 0 Å². The molecular weight excluding hydrogens is 108 g/mol. The van der Waals surface area contributed by atoms with Crippen LogP contribution < -0.4 is 0 Å². The molecule has 0 aromatic rings. The van der Waals surface area contributed by atoms with Crippen molar-refractivity contribution in [1.82, 2.24) is 0 Å². The molecule has 0 spiro atoms. The predicted molar refractivity (Wildman–Crippen MR) is 22.4 cm³/mol. The molecule has 0 unspecified atom stereocenters. The molecule has 0 aliphatic rings. The number of hydrogen-bond acceptors (Lipinski definition) is 1. The zero-order valence-electron chi connectivity index (χ0n) is 2.44. The predicted octanol–water partition coefficient (Wildman–Crippen LogP) is -0.0130. The third-order valence-corrected chi connectivity index (χ3v) is 1.03. The van der Waals surface area contributed by atoms with Crippen molar-refractivity contribution >= 4 is 25.5 Å². The molecule has 2 nitrogen and oxygen atoms in total. The molecule has 0 bridgehead atoms. The molecule has 1 N–H and O–H groups in total. The summed E-state index contributed by atoms with van der Waals surface area (Å²) in [6, 6.07) is 0. The van der Waals surface area contributed by atoms with Gasteiger partial charge in [0.2, 0.25) is 0 Å². The summed E-state index contributed by atoms with van der Waals surface area (Å²) in [5.41, 5.74) is -0.841. The van der Waals surface area contributed by atoms with Gasteiger partial charge in [-0.2, -0.15) is 11.1 Å². The highest BCUT2D eigenvalue weighted by atomic mass is 35.6. The van der Waals surface area contributed by atoms with Crippen molar-refractivity contribution in [2.45, 2.75) is 0 Å². The molecule has 0 fully saturated rings. The van der Waals surface area contributed by atoms with Crippen LogP contribution in [-0.4, -0.2) is 19.5 Å². The van der Waals surface area contributed by atoms with Crippen LogP contribution in [0.15, 0.2) is 0 Å². The molecule has 0 amide bonds. The zero-order valence-corrected chi connectivity index (χ0v) is 4.61. The maximum atomic E-state index is 9.30. The Balaban J connectivity index is 2.85. The van der Waals surface area contributed by atoms with E-state index < -0.39 is 14.4 Å². The van der Waals surface area contributed by atoms with Crippen molar-refractivity contribution in [3.63, 3.8) is 0 Å². The second kappa shape index (κ2) is 2.23. The molecule has 30 valence electrons. The molecule has 0 saturated heterocycles. The highest BCUT2D eigenvalue weighted by molar-refractivity contribution is 7.10. The van der Waals surface area contributed by atoms with Gasteiger partial charge >= 0.3 is 0 Å². The molecule has 0 heterocycles. The number of hydrogen-bond donors (Lipinski definition) is 1. The molecule has 0 radical (unpaired) electrons. The molecule has 0 rings (SSSR count). The summed E-state index contributed by atoms with van der Waals surface area (Å²) in [7, 11) is -1.26. The number of carbonyl (C=O) groups is 1. The van der Waals surface area contributed by atoms with Gasteiger partial charge in [0.1, 0.15) is 0 Å². The normalized spacial score (nSPS) is 9.80. The number of carboxylic acid groups (broad SMARTS) is 1. The summed E-state index contributed by atoms with van der Waals surface area (Å²) >= 11 is 4.88. The smallest absolute Gasteiger partial charge is 0.280 e. The van der Waals surface area contributed by atoms with E-state index in [1.54, 1.807) is 0 Å². The average molecular weight is 111 g/mol. The molecular formula is CH3ClO2Si. The van der Waals surface area contributed by atoms with E-state index in [-0.39, 0.29) is 0 Å². The van der Waals surface area contributed by atoms with Crippen molar-refractivity contribution in [3.8, 4) is 0 Å². The van der Waals surface area contributed by atoms with E-state index >= 15 is 0 Å². The lowest BCUT2D eigenvalue weighted by molar-refractivity contribution is 0.220. The fourth-order valence-electron chi connectivity index (χ4n) is 0. The van der Waals surface area contributed by atoms with E-state index in [2.05, 4.69) is 0 Å². The summed E-state index contributed by atoms with van der Waals surface area (Å²) in [6.07, 6.45) is 0. The summed E-state index contributed by atoms with van der Waals surface area (Å²) in [5.74, 6) is 0. The largest absolute Gasteiger partial charge is 0.485 e. The first kappa shape index (κ1) is 4.98. The lowest BCUT2D eigenvalue weighted by Gasteiger charge is -1.68. The van der Waals surface area contributed by atoms with E-state index in [1.165, 1.54) is 0 Å². The Bertz CT molecular complexity index is 44.9. The monoisotopic (exact) mass is 110 g/mol. The van der Waals surface area contributed by atoms with Crippen LogP contribution in [0.5, 0.6) is 0 Å². The summed E-state index contributed by atoms with van der Waals surface area (Å²) in [4.78, 5) is 9.30. The van der Waals surface area contributed by atoms with E-state index in [0.717, 1.165) is 0 Å². The Kier molecular flexibility index (Phi) is 2.22. The number of rotatable bonds is 1. The van der Waals surface area contributed by atoms with Crippen LogP contribution in [0.1, 0.15) is 0 Å². The second-order valence-corrected chi connectivity index (χ2v) is 2.20. The van der Waals surface area contributed by atoms with Crippen molar-refractivity contribution in [3.05, 3.63) is 0 Å². The molecule has 4 heteroatoms. The highest BCUT2D eigenvalue weighted by Gasteiger charge is 1.85. The minimum atomic E-state index is -1.26. The molecule has 0 aromatic carbocycles. The minimum absolute atomic E-state index is 0.841. The molecule has 5 heavy (non-hydrogen) atoms. The van der Waals surface area contributed by atoms with Crippen molar-refractivity contribution in [1.29, 1.82) is 0 Å². The third-order valence-electron chi connectivity index (χ3n) is 0.114. The highest BCUT2D eigenvalue weighted by Crippen LogP contribution is 1.66. The van der Waals surface area contributed by atoms with E-state index in [4.69, 9.17) is 16.2 Å². The first-order valence-corrected chi connectivity index (χ1v) is 3.89. The topological polar surface area (TPSA) is 37.3 Å². The van der Waals surface area contributed by atoms with Crippen molar-refractivity contribution in [2.75, 3.05) is 0 Å². The Morgan fingerprint density at radius 2 is 2.20 bits per heavy atom. The van der Waals surface area contributed by atoms with Gasteiger partial charge in [-0.1, -0.05) is 0 Å². The van der Waals surface area contributed by atoms with Gasteiger partial charge in [-0.15, -0.1) is 0 Å². The van der Waals surface area contributed by atoms with Gasteiger partial charge in [-0.3, -0.25) is 4.79 Å². The van der Waals surface area contributed by atoms with Crippen LogP contribution in [0.4, 0.5) is 4.79 Å². The van der Waals surface area contributed by atoms with Gasteiger partial charge in [-0.25, -0.2) is 0 Å². The Morgan fingerprint density at radius 3 is 2.20 bits per heavy atom. The Hall–Kier alpha value is -0.0231. The van der Waals surface area contributed by atoms with E-state index in [1.807, 2.05) is 0 Å². The minimum Gasteiger partial charge on any atom is -0.485 e. The molecule has 0 aliphatic carbocycles. The van der Waals surface area contributed by atoms with Gasteiger partial charge < -0.3 is 5.11 Å². The van der Waals surface area contributed by atoms with Gasteiger partial charge in [0, 0.05) is 0 Å². The maximum absolute atomic E-state index is 9.30. The van der Waals surface area contributed by atoms with Gasteiger partial charge in [0.25, 0.3) is 14.4 Å². The van der Waals surface area contributed by atoms with E-state index in [0.29, 0.717) is 0 Å². The lowest BCUT2D eigenvalue weighted by Crippen LogP contribution is -1.94. The zero-order chi connectivity index (χ0) is 4.28. The maximum Gasteiger partial charge on any atom is 0.280 e. The summed E-state index contributed by atoms with van der Waals surface area (Å²) in [5, 5.41) is 7.65. The Morgan fingerprint density at radius 1 is 2.00 bits per heavy atom. The van der Waals surface area contributed by atoms with Crippen LogP contribution >= 0.6 is 11.1 Å². The summed E-state index contributed by atoms with van der Waals surface area (Å²) in [6.45, 7) is 0. The summed E-state index contributed by atoms with van der Waals surface area (Å²) < 4.78 is 0. The van der Waals surface area contributed by atoms with Gasteiger partial charge in [0.05, 0.1) is 0 Å².